The summed E-state index contributed by atoms with van der Waals surface area (Å²) in [5, 5.41) is 8.26. The van der Waals surface area contributed by atoms with Crippen LogP contribution in [0.5, 0.6) is 5.75 Å². The summed E-state index contributed by atoms with van der Waals surface area (Å²) in [6.45, 7) is 13.5. The topological polar surface area (TPSA) is 81.7 Å². The Morgan fingerprint density at radius 1 is 1.09 bits per heavy atom. The van der Waals surface area contributed by atoms with Gasteiger partial charge in [-0.2, -0.15) is 5.11 Å². The molecular formula is C26H44N5O2S+. The SMILES string of the molecule is CCCCNc1sc2cc(N=N)c(OC(CC)CC)cc2[n+]1CC(=O)N(CCCC)CCCC. The minimum Gasteiger partial charge on any atom is -0.488 e. The number of fused-ring (bicyclic) bond motifs is 1. The highest BCUT2D eigenvalue weighted by atomic mass is 32.1. The van der Waals surface area contributed by atoms with Crippen LogP contribution in [0.2, 0.25) is 0 Å². The quantitative estimate of drug-likeness (QED) is 0.141. The van der Waals surface area contributed by atoms with Crippen LogP contribution in [0.1, 0.15) is 86.0 Å². The molecule has 0 spiro atoms. The Kier molecular flexibility index (Phi) is 12.3. The zero-order chi connectivity index (χ0) is 24.9. The van der Waals surface area contributed by atoms with Gasteiger partial charge in [0.15, 0.2) is 12.3 Å². The van der Waals surface area contributed by atoms with Gasteiger partial charge in [-0.3, -0.25) is 10.1 Å². The maximum absolute atomic E-state index is 13.4. The fourth-order valence-corrected chi connectivity index (χ4v) is 4.97. The molecule has 0 aliphatic heterocycles. The summed E-state index contributed by atoms with van der Waals surface area (Å²) in [5.41, 5.74) is 9.17. The van der Waals surface area contributed by atoms with Crippen molar-refractivity contribution in [1.29, 1.82) is 5.53 Å². The van der Waals surface area contributed by atoms with Crippen molar-refractivity contribution in [2.24, 2.45) is 5.11 Å². The van der Waals surface area contributed by atoms with Gasteiger partial charge in [0.2, 0.25) is 0 Å². The first-order chi connectivity index (χ1) is 16.5. The molecule has 1 heterocycles. The normalized spacial score (nSPS) is 11.2. The first kappa shape index (κ1) is 28.0. The molecule has 0 unspecified atom stereocenters. The summed E-state index contributed by atoms with van der Waals surface area (Å²) in [5.74, 6) is 0.769. The molecule has 0 saturated carbocycles. The van der Waals surface area contributed by atoms with Crippen LogP contribution in [0.25, 0.3) is 10.2 Å². The van der Waals surface area contributed by atoms with E-state index < -0.39 is 0 Å². The molecule has 8 heteroatoms. The number of carbonyl (C=O) groups excluding carboxylic acids is 1. The van der Waals surface area contributed by atoms with Gasteiger partial charge in [0.25, 0.3) is 5.91 Å². The van der Waals surface area contributed by atoms with Crippen LogP contribution in [0.15, 0.2) is 17.2 Å². The van der Waals surface area contributed by atoms with Crippen LogP contribution >= 0.6 is 11.3 Å². The minimum absolute atomic E-state index is 0.0763. The number of hydrogen-bond acceptors (Lipinski definition) is 6. The molecule has 2 rings (SSSR count). The van der Waals surface area contributed by atoms with Crippen LogP contribution < -0.4 is 14.6 Å². The molecule has 0 atom stereocenters. The van der Waals surface area contributed by atoms with Gasteiger partial charge < -0.3 is 9.64 Å². The number of aromatic nitrogens is 1. The van der Waals surface area contributed by atoms with E-state index in [0.717, 1.165) is 86.3 Å². The van der Waals surface area contributed by atoms with Crippen molar-refractivity contribution in [1.82, 2.24) is 4.90 Å². The highest BCUT2D eigenvalue weighted by Gasteiger charge is 2.25. The molecule has 0 fully saturated rings. The van der Waals surface area contributed by atoms with Gasteiger partial charge in [0.1, 0.15) is 11.2 Å². The number of ether oxygens (including phenoxy) is 1. The van der Waals surface area contributed by atoms with E-state index in [1.54, 1.807) is 11.3 Å². The maximum atomic E-state index is 13.4. The third kappa shape index (κ3) is 7.65. The molecule has 1 amide bonds. The third-order valence-corrected chi connectivity index (χ3v) is 7.23. The smallest absolute Gasteiger partial charge is 0.335 e. The molecule has 2 aromatic rings. The summed E-state index contributed by atoms with van der Waals surface area (Å²) >= 11 is 1.61. The predicted molar refractivity (Wildman–Crippen MR) is 142 cm³/mol. The summed E-state index contributed by atoms with van der Waals surface area (Å²) in [7, 11) is 0. The molecule has 1 aromatic carbocycles. The van der Waals surface area contributed by atoms with Crippen molar-refractivity contribution >= 4 is 38.3 Å². The van der Waals surface area contributed by atoms with E-state index in [9.17, 15) is 4.79 Å². The van der Waals surface area contributed by atoms with Gasteiger partial charge in [-0.1, -0.05) is 53.9 Å². The van der Waals surface area contributed by atoms with E-state index in [1.807, 2.05) is 17.0 Å². The lowest BCUT2D eigenvalue weighted by Crippen LogP contribution is -2.46. The molecule has 0 aliphatic carbocycles. The van der Waals surface area contributed by atoms with Crippen molar-refractivity contribution in [3.63, 3.8) is 0 Å². The fraction of sp³-hybridized carbons (Fsp3) is 0.692. The van der Waals surface area contributed by atoms with Gasteiger partial charge in [-0.15, -0.1) is 0 Å². The Balaban J connectivity index is 2.47. The number of thiazole rings is 1. The second kappa shape index (κ2) is 14.9. The molecule has 34 heavy (non-hydrogen) atoms. The number of carbonyl (C=O) groups is 1. The van der Waals surface area contributed by atoms with E-state index in [-0.39, 0.29) is 12.0 Å². The van der Waals surface area contributed by atoms with E-state index in [2.05, 4.69) is 49.6 Å². The average Bonchev–Trinajstić information content (AvgIpc) is 3.17. The van der Waals surface area contributed by atoms with Crippen LogP contribution in [0.3, 0.4) is 0 Å². The van der Waals surface area contributed by atoms with Crippen LogP contribution in [-0.4, -0.2) is 36.5 Å². The Morgan fingerprint density at radius 2 is 1.74 bits per heavy atom. The first-order valence-corrected chi connectivity index (χ1v) is 13.9. The first-order valence-electron chi connectivity index (χ1n) is 13.1. The highest BCUT2D eigenvalue weighted by Crippen LogP contribution is 2.36. The van der Waals surface area contributed by atoms with Crippen molar-refractivity contribution < 1.29 is 14.1 Å². The van der Waals surface area contributed by atoms with E-state index in [0.29, 0.717) is 18.0 Å². The number of unbranched alkanes of at least 4 members (excludes halogenated alkanes) is 3. The molecule has 190 valence electrons. The molecule has 0 aliphatic rings. The van der Waals surface area contributed by atoms with E-state index in [1.165, 1.54) is 0 Å². The van der Waals surface area contributed by atoms with Gasteiger partial charge in [-0.05, 0) is 49.5 Å². The van der Waals surface area contributed by atoms with Crippen molar-refractivity contribution in [3.8, 4) is 5.75 Å². The predicted octanol–water partition coefficient (Wildman–Crippen LogP) is 7.06. The molecule has 0 bridgehead atoms. The molecular weight excluding hydrogens is 446 g/mol. The van der Waals surface area contributed by atoms with Crippen molar-refractivity contribution in [3.05, 3.63) is 12.1 Å². The highest BCUT2D eigenvalue weighted by molar-refractivity contribution is 7.21. The standard InChI is InChI=1S/C26H43N5O2S/c1-6-11-14-28-26-31(19-25(32)30(15-12-7-2)16-13-8-3)22-18-23(33-20(9-4)10-5)21(29-27)17-24(22)34-26/h17-18,20,27H,6-16,19H2,1-5H3/p+1. The van der Waals surface area contributed by atoms with Gasteiger partial charge >= 0.3 is 5.13 Å². The lowest BCUT2D eigenvalue weighted by molar-refractivity contribution is -0.641. The zero-order valence-corrected chi connectivity index (χ0v) is 22.6. The van der Waals surface area contributed by atoms with E-state index in [4.69, 9.17) is 10.3 Å². The van der Waals surface area contributed by atoms with Crippen LogP contribution in [0, 0.1) is 5.53 Å². The molecule has 0 radical (unpaired) electrons. The Morgan fingerprint density at radius 3 is 2.29 bits per heavy atom. The number of rotatable bonds is 17. The largest absolute Gasteiger partial charge is 0.488 e. The number of benzene rings is 1. The summed E-state index contributed by atoms with van der Waals surface area (Å²) < 4.78 is 9.32. The Labute approximate surface area is 209 Å². The van der Waals surface area contributed by atoms with Crippen LogP contribution in [0.4, 0.5) is 10.8 Å². The third-order valence-electron chi connectivity index (χ3n) is 6.12. The molecule has 0 saturated heterocycles. The van der Waals surface area contributed by atoms with Crippen LogP contribution in [-0.2, 0) is 11.3 Å². The van der Waals surface area contributed by atoms with Crippen molar-refractivity contribution in [2.45, 2.75) is 98.6 Å². The number of amides is 1. The Hall–Kier alpha value is -2.22. The molecule has 2 N–H and O–H groups in total. The number of nitrogens with one attached hydrogen (secondary N) is 2. The van der Waals surface area contributed by atoms with Crippen molar-refractivity contribution in [2.75, 3.05) is 25.0 Å². The summed E-state index contributed by atoms with van der Waals surface area (Å²) in [6.07, 6.45) is 8.22. The lowest BCUT2D eigenvalue weighted by Gasteiger charge is -2.22. The monoisotopic (exact) mass is 490 g/mol. The number of nitrogens with zero attached hydrogens (tertiary/aromatic N) is 3. The maximum Gasteiger partial charge on any atom is 0.335 e. The second-order valence-electron chi connectivity index (χ2n) is 8.82. The van der Waals surface area contributed by atoms with E-state index >= 15 is 0 Å². The second-order valence-corrected chi connectivity index (χ2v) is 9.85. The molecule has 7 nitrogen and oxygen atoms in total. The minimum atomic E-state index is 0.0763. The number of anilines is 1. The van der Waals surface area contributed by atoms with Gasteiger partial charge in [-0.25, -0.2) is 10.1 Å². The summed E-state index contributed by atoms with van der Waals surface area (Å²) in [6, 6.07) is 3.89. The lowest BCUT2D eigenvalue weighted by atomic mass is 10.2. The zero-order valence-electron chi connectivity index (χ0n) is 21.8. The fourth-order valence-electron chi connectivity index (χ4n) is 3.87. The van der Waals surface area contributed by atoms with Gasteiger partial charge in [0, 0.05) is 19.2 Å². The summed E-state index contributed by atoms with van der Waals surface area (Å²) in [4.78, 5) is 15.5. The Bertz CT molecular complexity index is 902. The molecule has 1 aromatic heterocycles. The number of hydrogen-bond donors (Lipinski definition) is 2. The average molecular weight is 491 g/mol. The van der Waals surface area contributed by atoms with Gasteiger partial charge in [0.05, 0.1) is 17.3 Å².